The second-order valence-corrected chi connectivity index (χ2v) is 13.8. The van der Waals surface area contributed by atoms with E-state index in [1.807, 2.05) is 0 Å². The molecule has 4 aromatic rings. The molecule has 4 aromatic carbocycles. The Kier molecular flexibility index (Phi) is 8.77. The van der Waals surface area contributed by atoms with E-state index in [9.17, 15) is 0 Å². The van der Waals surface area contributed by atoms with Crippen LogP contribution in [0.25, 0.3) is 12.2 Å². The van der Waals surface area contributed by atoms with Crippen molar-refractivity contribution in [3.63, 3.8) is 0 Å². The Hall–Kier alpha value is -1.92. The molecule has 0 aromatic heterocycles. The summed E-state index contributed by atoms with van der Waals surface area (Å²) in [5.41, 5.74) is 8.89. The fraction of sp³-hybridized carbons (Fsp3) is 0.125. The zero-order chi connectivity index (χ0) is 23.1. The van der Waals surface area contributed by atoms with Gasteiger partial charge in [-0.3, -0.25) is 0 Å². The molecular weight excluding hydrogens is 534 g/mol. The van der Waals surface area contributed by atoms with Gasteiger partial charge in [0.25, 0.3) is 0 Å². The first kappa shape index (κ1) is 27.1. The van der Waals surface area contributed by atoms with Crippen molar-refractivity contribution in [2.75, 3.05) is 0 Å². The van der Waals surface area contributed by atoms with Gasteiger partial charge in [-0.25, -0.2) is 0 Å². The molecule has 0 fully saturated rings. The van der Waals surface area contributed by atoms with Gasteiger partial charge >= 0.3 is 214 Å². The van der Waals surface area contributed by atoms with Crippen molar-refractivity contribution in [1.82, 2.24) is 0 Å². The smallest absolute Gasteiger partial charge is 1.00 e. The van der Waals surface area contributed by atoms with E-state index in [2.05, 4.69) is 129 Å². The molecule has 2 aliphatic carbocycles. The molecule has 0 aliphatic heterocycles. The van der Waals surface area contributed by atoms with E-state index in [1.165, 1.54) is 32.9 Å². The maximum absolute atomic E-state index is 2.54. The fourth-order valence-corrected chi connectivity index (χ4v) is 11.6. The number of fused-ring (bicyclic) bond motifs is 2. The average Bonchev–Trinajstić information content (AvgIpc) is 3.46. The number of hydrogen-bond donors (Lipinski definition) is 0. The second-order valence-electron chi connectivity index (χ2n) is 9.17. The Morgan fingerprint density at radius 2 is 1.25 bits per heavy atom. The van der Waals surface area contributed by atoms with Gasteiger partial charge in [0, 0.05) is 0 Å². The van der Waals surface area contributed by atoms with Crippen LogP contribution >= 0.6 is 7.92 Å². The van der Waals surface area contributed by atoms with Crippen LogP contribution in [-0.2, 0) is 19.2 Å². The molecule has 0 saturated heterocycles. The van der Waals surface area contributed by atoms with Gasteiger partial charge in [0.15, 0.2) is 0 Å². The summed E-state index contributed by atoms with van der Waals surface area (Å²) in [6, 6.07) is 36.1. The zero-order valence-electron chi connectivity index (χ0n) is 20.3. The standard InChI is InChI=1S/C21H16P.C11H11.2ClH.Ti/c1-3-11-19(12-4-1)22(20-13-5-2-6-14-20)21-15-17-9-7-8-10-18(17)16-21;1-8-6-7-9(2)11-5-3-4-10(8)11;;;/h1-16H;3-7H,1-2H3;2*1H;/q;;;;+2/p-2. The summed E-state index contributed by atoms with van der Waals surface area (Å²) in [6.45, 7) is 4.55. The Balaban J connectivity index is 0.00000152. The SMILES string of the molecule is Cc1ccc(C)c2c1C=C[CH]2[Ti+2][CH]1C(P(c2ccccc2)c2ccccc2)=Cc2ccccc21.[Cl-].[Cl-]. The minimum atomic E-state index is -0.571. The third-order valence-electron chi connectivity index (χ3n) is 7.03. The average molecular weight is 561 g/mol. The van der Waals surface area contributed by atoms with E-state index in [1.54, 1.807) is 16.4 Å². The Labute approximate surface area is 237 Å². The molecule has 4 heteroatoms. The van der Waals surface area contributed by atoms with Crippen molar-refractivity contribution in [2.24, 2.45) is 0 Å². The summed E-state index contributed by atoms with van der Waals surface area (Å²) in [5.74, 6) is 0. The summed E-state index contributed by atoms with van der Waals surface area (Å²) < 4.78 is 1.13. The molecule has 178 valence electrons. The molecule has 0 amide bonds. The van der Waals surface area contributed by atoms with Crippen molar-refractivity contribution in [1.29, 1.82) is 0 Å². The first-order valence-corrected chi connectivity index (χ1v) is 15.1. The Morgan fingerprint density at radius 3 is 1.92 bits per heavy atom. The van der Waals surface area contributed by atoms with Crippen molar-refractivity contribution < 1.29 is 44.0 Å². The van der Waals surface area contributed by atoms with Crippen molar-refractivity contribution in [3.8, 4) is 0 Å². The summed E-state index contributed by atoms with van der Waals surface area (Å²) >= 11 is -0.364. The third kappa shape index (κ3) is 4.96. The molecular formula is C32H27Cl2PTi. The first-order chi connectivity index (χ1) is 16.7. The van der Waals surface area contributed by atoms with Gasteiger partial charge in [-0.2, -0.15) is 0 Å². The van der Waals surface area contributed by atoms with Crippen LogP contribution in [0.1, 0.15) is 41.8 Å². The molecule has 0 radical (unpaired) electrons. The number of aryl methyl sites for hydroxylation is 2. The number of benzene rings is 4. The van der Waals surface area contributed by atoms with E-state index >= 15 is 0 Å². The van der Waals surface area contributed by atoms with Gasteiger partial charge in [0.05, 0.1) is 0 Å². The van der Waals surface area contributed by atoms with Crippen molar-refractivity contribution in [3.05, 3.63) is 142 Å². The zero-order valence-corrected chi connectivity index (χ0v) is 24.3. The van der Waals surface area contributed by atoms with E-state index < -0.39 is 7.92 Å². The molecule has 0 bridgehead atoms. The van der Waals surface area contributed by atoms with Crippen molar-refractivity contribution in [2.45, 2.75) is 22.3 Å². The molecule has 0 saturated carbocycles. The van der Waals surface area contributed by atoms with Crippen LogP contribution in [0.15, 0.2) is 108 Å². The monoisotopic (exact) mass is 560 g/mol. The molecule has 0 spiro atoms. The molecule has 0 N–H and O–H groups in total. The molecule has 0 nitrogen and oxygen atoms in total. The number of halogens is 2. The van der Waals surface area contributed by atoms with Crippen LogP contribution in [0.3, 0.4) is 0 Å². The van der Waals surface area contributed by atoms with Crippen LogP contribution in [0.4, 0.5) is 0 Å². The predicted molar refractivity (Wildman–Crippen MR) is 144 cm³/mol. The van der Waals surface area contributed by atoms with Gasteiger partial charge in [0.1, 0.15) is 0 Å². The number of rotatable bonds is 5. The minimum Gasteiger partial charge on any atom is -1.00 e. The summed E-state index contributed by atoms with van der Waals surface area (Å²) in [6.07, 6.45) is 7.45. The molecule has 2 unspecified atom stereocenters. The molecule has 0 heterocycles. The summed E-state index contributed by atoms with van der Waals surface area (Å²) in [4.78, 5) is 0. The van der Waals surface area contributed by atoms with Crippen molar-refractivity contribution >= 4 is 30.7 Å². The maximum atomic E-state index is 2.54. The van der Waals surface area contributed by atoms with Crippen LogP contribution in [0.5, 0.6) is 0 Å². The van der Waals surface area contributed by atoms with E-state index in [4.69, 9.17) is 0 Å². The number of hydrogen-bond acceptors (Lipinski definition) is 0. The van der Waals surface area contributed by atoms with Gasteiger partial charge in [-0.1, -0.05) is 0 Å². The second kappa shape index (κ2) is 11.6. The summed E-state index contributed by atoms with van der Waals surface area (Å²) in [7, 11) is -0.571. The van der Waals surface area contributed by atoms with Crippen LogP contribution < -0.4 is 35.4 Å². The minimum absolute atomic E-state index is 0. The van der Waals surface area contributed by atoms with E-state index in [-0.39, 0.29) is 44.0 Å². The topological polar surface area (TPSA) is 0 Å². The number of allylic oxidation sites excluding steroid dienone is 2. The Bertz CT molecular complexity index is 1370. The molecule has 36 heavy (non-hydrogen) atoms. The molecule has 6 rings (SSSR count). The van der Waals surface area contributed by atoms with Gasteiger partial charge in [-0.05, 0) is 0 Å². The van der Waals surface area contributed by atoms with E-state index in [0.29, 0.717) is 8.45 Å². The first-order valence-electron chi connectivity index (χ1n) is 12.0. The van der Waals surface area contributed by atoms with Crippen LogP contribution in [0.2, 0.25) is 0 Å². The summed E-state index contributed by atoms with van der Waals surface area (Å²) in [5, 5.41) is 4.54. The molecule has 2 atom stereocenters. The van der Waals surface area contributed by atoms with Crippen LogP contribution in [0, 0.1) is 13.8 Å². The normalized spacial score (nSPS) is 16.9. The quantitative estimate of drug-likeness (QED) is 0.257. The van der Waals surface area contributed by atoms with E-state index in [0.717, 1.165) is 0 Å². The fourth-order valence-electron chi connectivity index (χ4n) is 5.37. The van der Waals surface area contributed by atoms with Gasteiger partial charge < -0.3 is 24.8 Å². The third-order valence-corrected chi connectivity index (χ3v) is 12.7. The predicted octanol–water partition coefficient (Wildman–Crippen LogP) is 1.69. The largest absolute Gasteiger partial charge is 1.00 e. The maximum Gasteiger partial charge on any atom is -1.00 e. The van der Waals surface area contributed by atoms with Gasteiger partial charge in [0.2, 0.25) is 0 Å². The Morgan fingerprint density at radius 1 is 0.667 bits per heavy atom. The van der Waals surface area contributed by atoms with Gasteiger partial charge in [-0.15, -0.1) is 0 Å². The molecule has 2 aliphatic rings. The van der Waals surface area contributed by atoms with Crippen LogP contribution in [-0.4, -0.2) is 0 Å².